The summed E-state index contributed by atoms with van der Waals surface area (Å²) >= 11 is 0. The SMILES string of the molecule is CCS(=O)(=O)c1ccc(N(C)Cc2ccc(F)cc2)cc1. The van der Waals surface area contributed by atoms with Crippen LogP contribution >= 0.6 is 0 Å². The molecule has 0 saturated carbocycles. The van der Waals surface area contributed by atoms with Crippen molar-refractivity contribution >= 4 is 15.5 Å². The summed E-state index contributed by atoms with van der Waals surface area (Å²) in [5, 5.41) is 0. The first-order valence-electron chi connectivity index (χ1n) is 6.71. The Morgan fingerprint density at radius 1 is 1.00 bits per heavy atom. The first-order valence-corrected chi connectivity index (χ1v) is 8.36. The molecule has 0 N–H and O–H groups in total. The highest BCUT2D eigenvalue weighted by molar-refractivity contribution is 7.91. The van der Waals surface area contributed by atoms with Gasteiger partial charge in [0.05, 0.1) is 10.6 Å². The van der Waals surface area contributed by atoms with Crippen molar-refractivity contribution in [3.63, 3.8) is 0 Å². The molecule has 0 aliphatic heterocycles. The van der Waals surface area contributed by atoms with E-state index in [1.54, 1.807) is 43.3 Å². The summed E-state index contributed by atoms with van der Waals surface area (Å²) in [5.41, 5.74) is 1.90. The van der Waals surface area contributed by atoms with E-state index >= 15 is 0 Å². The fourth-order valence-corrected chi connectivity index (χ4v) is 2.91. The molecule has 0 amide bonds. The number of hydrogen-bond acceptors (Lipinski definition) is 3. The Hall–Kier alpha value is -1.88. The number of halogens is 1. The minimum absolute atomic E-state index is 0.0950. The first-order chi connectivity index (χ1) is 9.92. The van der Waals surface area contributed by atoms with Crippen LogP contribution in [0, 0.1) is 5.82 Å². The zero-order chi connectivity index (χ0) is 15.5. The molecule has 0 aliphatic carbocycles. The second-order valence-corrected chi connectivity index (χ2v) is 7.16. The number of rotatable bonds is 5. The summed E-state index contributed by atoms with van der Waals surface area (Å²) in [6.07, 6.45) is 0. The van der Waals surface area contributed by atoms with Gasteiger partial charge in [0.2, 0.25) is 0 Å². The smallest absolute Gasteiger partial charge is 0.178 e. The van der Waals surface area contributed by atoms with E-state index < -0.39 is 9.84 Å². The van der Waals surface area contributed by atoms with E-state index in [2.05, 4.69) is 0 Å². The average molecular weight is 307 g/mol. The maximum Gasteiger partial charge on any atom is 0.178 e. The molecule has 0 heterocycles. The summed E-state index contributed by atoms with van der Waals surface area (Å²) in [7, 11) is -1.26. The lowest BCUT2D eigenvalue weighted by molar-refractivity contribution is 0.597. The molecule has 0 spiro atoms. The summed E-state index contributed by atoms with van der Waals surface area (Å²) in [6, 6.07) is 13.1. The van der Waals surface area contributed by atoms with Gasteiger partial charge in [-0.15, -0.1) is 0 Å². The van der Waals surface area contributed by atoms with Gasteiger partial charge in [0, 0.05) is 19.3 Å². The lowest BCUT2D eigenvalue weighted by Crippen LogP contribution is -2.16. The fourth-order valence-electron chi connectivity index (χ4n) is 2.03. The highest BCUT2D eigenvalue weighted by atomic mass is 32.2. The van der Waals surface area contributed by atoms with E-state index in [4.69, 9.17) is 0 Å². The van der Waals surface area contributed by atoms with Crippen molar-refractivity contribution in [1.29, 1.82) is 0 Å². The summed E-state index contributed by atoms with van der Waals surface area (Å²) in [5.74, 6) is -0.159. The maximum atomic E-state index is 12.9. The van der Waals surface area contributed by atoms with Crippen LogP contribution in [0.4, 0.5) is 10.1 Å². The monoisotopic (exact) mass is 307 g/mol. The van der Waals surface area contributed by atoms with Crippen LogP contribution in [0.15, 0.2) is 53.4 Å². The van der Waals surface area contributed by atoms with E-state index in [-0.39, 0.29) is 11.6 Å². The number of nitrogens with zero attached hydrogens (tertiary/aromatic N) is 1. The predicted molar refractivity (Wildman–Crippen MR) is 82.7 cm³/mol. The minimum atomic E-state index is -3.16. The number of benzene rings is 2. The van der Waals surface area contributed by atoms with Gasteiger partial charge in [-0.1, -0.05) is 19.1 Å². The minimum Gasteiger partial charge on any atom is -0.370 e. The Kier molecular flexibility index (Phi) is 4.63. The van der Waals surface area contributed by atoms with Gasteiger partial charge in [0.15, 0.2) is 9.84 Å². The van der Waals surface area contributed by atoms with Crippen molar-refractivity contribution in [2.45, 2.75) is 18.4 Å². The molecule has 0 aromatic heterocycles. The van der Waals surface area contributed by atoms with Gasteiger partial charge >= 0.3 is 0 Å². The van der Waals surface area contributed by atoms with Crippen molar-refractivity contribution in [2.75, 3.05) is 17.7 Å². The summed E-state index contributed by atoms with van der Waals surface area (Å²) in [4.78, 5) is 2.32. The highest BCUT2D eigenvalue weighted by Crippen LogP contribution is 2.19. The third kappa shape index (κ3) is 3.82. The molecule has 21 heavy (non-hydrogen) atoms. The van der Waals surface area contributed by atoms with Gasteiger partial charge in [-0.05, 0) is 42.0 Å². The zero-order valence-corrected chi connectivity index (χ0v) is 12.9. The van der Waals surface area contributed by atoms with E-state index in [9.17, 15) is 12.8 Å². The summed E-state index contributed by atoms with van der Waals surface area (Å²) < 4.78 is 36.4. The Morgan fingerprint density at radius 3 is 2.10 bits per heavy atom. The van der Waals surface area contributed by atoms with Crippen LogP contribution < -0.4 is 4.90 Å². The third-order valence-electron chi connectivity index (χ3n) is 3.35. The topological polar surface area (TPSA) is 37.4 Å². The Morgan fingerprint density at radius 2 is 1.57 bits per heavy atom. The molecule has 2 rings (SSSR count). The molecule has 0 unspecified atom stereocenters. The van der Waals surface area contributed by atoms with Crippen LogP contribution in [-0.4, -0.2) is 21.2 Å². The van der Waals surface area contributed by atoms with E-state index in [0.29, 0.717) is 11.4 Å². The Bertz CT molecular complexity index is 694. The number of hydrogen-bond donors (Lipinski definition) is 0. The van der Waals surface area contributed by atoms with Gasteiger partial charge in [0.25, 0.3) is 0 Å². The van der Waals surface area contributed by atoms with Crippen LogP contribution in [0.5, 0.6) is 0 Å². The third-order valence-corrected chi connectivity index (χ3v) is 5.10. The molecule has 0 saturated heterocycles. The Labute approximate surface area is 124 Å². The molecule has 0 fully saturated rings. The normalized spacial score (nSPS) is 11.4. The van der Waals surface area contributed by atoms with E-state index in [1.807, 2.05) is 11.9 Å². The van der Waals surface area contributed by atoms with Crippen molar-refractivity contribution in [1.82, 2.24) is 0 Å². The van der Waals surface area contributed by atoms with Crippen LogP contribution in [0.25, 0.3) is 0 Å². The molecule has 112 valence electrons. The van der Waals surface area contributed by atoms with Gasteiger partial charge in [-0.2, -0.15) is 0 Å². The quantitative estimate of drug-likeness (QED) is 0.851. The van der Waals surface area contributed by atoms with E-state index in [0.717, 1.165) is 11.3 Å². The Balaban J connectivity index is 2.13. The van der Waals surface area contributed by atoms with Crippen molar-refractivity contribution in [3.8, 4) is 0 Å². The van der Waals surface area contributed by atoms with Crippen molar-refractivity contribution in [3.05, 3.63) is 59.9 Å². The lowest BCUT2D eigenvalue weighted by atomic mass is 10.2. The molecule has 0 bridgehead atoms. The van der Waals surface area contributed by atoms with Crippen LogP contribution in [0.1, 0.15) is 12.5 Å². The van der Waals surface area contributed by atoms with Crippen molar-refractivity contribution in [2.24, 2.45) is 0 Å². The molecular formula is C16H18FNO2S. The maximum absolute atomic E-state index is 12.9. The van der Waals surface area contributed by atoms with Gasteiger partial charge < -0.3 is 4.90 Å². The molecule has 2 aromatic carbocycles. The predicted octanol–water partition coefficient (Wildman–Crippen LogP) is 3.26. The second kappa shape index (κ2) is 6.26. The number of anilines is 1. The number of sulfone groups is 1. The van der Waals surface area contributed by atoms with Crippen LogP contribution in [-0.2, 0) is 16.4 Å². The largest absolute Gasteiger partial charge is 0.370 e. The second-order valence-electron chi connectivity index (χ2n) is 4.88. The summed E-state index contributed by atoms with van der Waals surface area (Å²) in [6.45, 7) is 2.25. The molecule has 0 aliphatic rings. The van der Waals surface area contributed by atoms with Gasteiger partial charge in [0.1, 0.15) is 5.82 Å². The van der Waals surface area contributed by atoms with Crippen LogP contribution in [0.2, 0.25) is 0 Å². The standard InChI is InChI=1S/C16H18FNO2S/c1-3-21(19,20)16-10-8-15(9-11-16)18(2)12-13-4-6-14(17)7-5-13/h4-11H,3,12H2,1-2H3. The fraction of sp³-hybridized carbons (Fsp3) is 0.250. The molecule has 2 aromatic rings. The highest BCUT2D eigenvalue weighted by Gasteiger charge is 2.11. The molecular weight excluding hydrogens is 289 g/mol. The molecule has 0 atom stereocenters. The zero-order valence-electron chi connectivity index (χ0n) is 12.1. The van der Waals surface area contributed by atoms with E-state index in [1.165, 1.54) is 12.1 Å². The van der Waals surface area contributed by atoms with Gasteiger partial charge in [-0.25, -0.2) is 12.8 Å². The molecule has 3 nitrogen and oxygen atoms in total. The molecule has 0 radical (unpaired) electrons. The molecule has 5 heteroatoms. The van der Waals surface area contributed by atoms with Crippen molar-refractivity contribution < 1.29 is 12.8 Å². The van der Waals surface area contributed by atoms with Crippen LogP contribution in [0.3, 0.4) is 0 Å². The average Bonchev–Trinajstić information content (AvgIpc) is 2.49. The lowest BCUT2D eigenvalue weighted by Gasteiger charge is -2.19. The van der Waals surface area contributed by atoms with Gasteiger partial charge in [-0.3, -0.25) is 0 Å². The first kappa shape index (κ1) is 15.5.